The second-order valence-electron chi connectivity index (χ2n) is 5.16. The largest absolute Gasteiger partial charge is 0.370 e. The zero-order chi connectivity index (χ0) is 13.9. The van der Waals surface area contributed by atoms with Crippen molar-refractivity contribution in [1.29, 1.82) is 0 Å². The SMILES string of the molecule is CCNc1cc(N2CCSC(C)(C)C2)nc(SC)n1. The van der Waals surface area contributed by atoms with Crippen molar-refractivity contribution in [2.45, 2.75) is 30.7 Å². The molecular weight excluding hydrogens is 276 g/mol. The van der Waals surface area contributed by atoms with Crippen molar-refractivity contribution in [3.05, 3.63) is 6.07 Å². The third kappa shape index (κ3) is 3.92. The van der Waals surface area contributed by atoms with E-state index >= 15 is 0 Å². The summed E-state index contributed by atoms with van der Waals surface area (Å²) in [5.74, 6) is 3.12. The second-order valence-corrected chi connectivity index (χ2v) is 7.73. The number of hydrogen-bond donors (Lipinski definition) is 1. The van der Waals surface area contributed by atoms with Gasteiger partial charge >= 0.3 is 0 Å². The lowest BCUT2D eigenvalue weighted by molar-refractivity contribution is 0.639. The van der Waals surface area contributed by atoms with Gasteiger partial charge in [-0.15, -0.1) is 0 Å². The molecule has 0 bridgehead atoms. The Hall–Kier alpha value is -0.620. The number of hydrogen-bond acceptors (Lipinski definition) is 6. The molecule has 0 radical (unpaired) electrons. The van der Waals surface area contributed by atoms with Crippen LogP contribution < -0.4 is 10.2 Å². The van der Waals surface area contributed by atoms with Crippen molar-refractivity contribution in [2.75, 3.05) is 41.9 Å². The van der Waals surface area contributed by atoms with Gasteiger partial charge in [0.15, 0.2) is 5.16 Å². The predicted octanol–water partition coefficient (Wildman–Crippen LogP) is 2.96. The van der Waals surface area contributed by atoms with E-state index in [2.05, 4.69) is 47.0 Å². The topological polar surface area (TPSA) is 41.0 Å². The summed E-state index contributed by atoms with van der Waals surface area (Å²) in [5, 5.41) is 4.12. The number of nitrogens with zero attached hydrogens (tertiary/aromatic N) is 3. The number of thioether (sulfide) groups is 2. The van der Waals surface area contributed by atoms with Crippen LogP contribution in [0.2, 0.25) is 0 Å². The van der Waals surface area contributed by atoms with Gasteiger partial charge < -0.3 is 10.2 Å². The van der Waals surface area contributed by atoms with Crippen molar-refractivity contribution in [3.8, 4) is 0 Å². The molecule has 4 nitrogen and oxygen atoms in total. The third-order valence-corrected chi connectivity index (χ3v) is 4.83. The average Bonchev–Trinajstić information content (AvgIpc) is 2.37. The fraction of sp³-hybridized carbons (Fsp3) is 0.692. The first-order chi connectivity index (χ1) is 9.04. The lowest BCUT2D eigenvalue weighted by atomic mass is 10.2. The predicted molar refractivity (Wildman–Crippen MR) is 86.7 cm³/mol. The van der Waals surface area contributed by atoms with Gasteiger partial charge in [-0.25, -0.2) is 9.97 Å². The monoisotopic (exact) mass is 298 g/mol. The molecule has 0 aromatic carbocycles. The molecule has 6 heteroatoms. The van der Waals surface area contributed by atoms with E-state index in [4.69, 9.17) is 0 Å². The van der Waals surface area contributed by atoms with E-state index in [0.29, 0.717) is 4.75 Å². The molecule has 0 atom stereocenters. The van der Waals surface area contributed by atoms with Gasteiger partial charge in [0.05, 0.1) is 0 Å². The summed E-state index contributed by atoms with van der Waals surface area (Å²) in [7, 11) is 0. The van der Waals surface area contributed by atoms with Crippen LogP contribution in [0, 0.1) is 0 Å². The highest BCUT2D eigenvalue weighted by Crippen LogP contribution is 2.32. The molecule has 1 saturated heterocycles. The Kier molecular flexibility index (Phi) is 4.84. The van der Waals surface area contributed by atoms with E-state index in [0.717, 1.165) is 42.2 Å². The Morgan fingerprint density at radius 1 is 1.47 bits per heavy atom. The summed E-state index contributed by atoms with van der Waals surface area (Å²) >= 11 is 3.63. The Morgan fingerprint density at radius 3 is 2.89 bits per heavy atom. The van der Waals surface area contributed by atoms with Gasteiger partial charge in [0.25, 0.3) is 0 Å². The van der Waals surface area contributed by atoms with Crippen LogP contribution >= 0.6 is 23.5 Å². The number of anilines is 2. The molecule has 0 spiro atoms. The molecule has 1 N–H and O–H groups in total. The van der Waals surface area contributed by atoms with Gasteiger partial charge in [0.2, 0.25) is 0 Å². The van der Waals surface area contributed by atoms with Crippen LogP contribution in [0.15, 0.2) is 11.2 Å². The van der Waals surface area contributed by atoms with Crippen molar-refractivity contribution in [3.63, 3.8) is 0 Å². The maximum absolute atomic E-state index is 4.65. The van der Waals surface area contributed by atoms with Gasteiger partial charge in [-0.3, -0.25) is 0 Å². The van der Waals surface area contributed by atoms with E-state index in [1.54, 1.807) is 11.8 Å². The van der Waals surface area contributed by atoms with Crippen LogP contribution in [0.3, 0.4) is 0 Å². The smallest absolute Gasteiger partial charge is 0.191 e. The lowest BCUT2D eigenvalue weighted by Crippen LogP contribution is -2.43. The molecule has 0 unspecified atom stereocenters. The van der Waals surface area contributed by atoms with Crippen LogP contribution in [0.5, 0.6) is 0 Å². The van der Waals surface area contributed by atoms with Gasteiger partial charge in [0.1, 0.15) is 11.6 Å². The quantitative estimate of drug-likeness (QED) is 0.681. The Morgan fingerprint density at radius 2 is 2.26 bits per heavy atom. The first-order valence-electron chi connectivity index (χ1n) is 6.60. The van der Waals surface area contributed by atoms with Gasteiger partial charge in [-0.2, -0.15) is 11.8 Å². The highest BCUT2D eigenvalue weighted by Gasteiger charge is 2.28. The van der Waals surface area contributed by atoms with Crippen LogP contribution in [-0.2, 0) is 0 Å². The first kappa shape index (κ1) is 14.8. The zero-order valence-electron chi connectivity index (χ0n) is 12.1. The molecule has 1 fully saturated rings. The molecule has 2 rings (SSSR count). The molecular formula is C13H22N4S2. The Bertz CT molecular complexity index is 437. The standard InChI is InChI=1S/C13H22N4S2/c1-5-14-10-8-11(16-12(15-10)18-4)17-6-7-19-13(2,3)9-17/h8H,5-7,9H2,1-4H3,(H,14,15,16). The van der Waals surface area contributed by atoms with Crippen molar-refractivity contribution in [1.82, 2.24) is 9.97 Å². The fourth-order valence-electron chi connectivity index (χ4n) is 2.15. The van der Waals surface area contributed by atoms with Gasteiger partial charge in [-0.05, 0) is 27.0 Å². The number of nitrogens with one attached hydrogen (secondary N) is 1. The minimum Gasteiger partial charge on any atom is -0.370 e. The summed E-state index contributed by atoms with van der Waals surface area (Å²) < 4.78 is 0.293. The fourth-order valence-corrected chi connectivity index (χ4v) is 3.64. The minimum absolute atomic E-state index is 0.293. The maximum Gasteiger partial charge on any atom is 0.191 e. The van der Waals surface area contributed by atoms with Crippen LogP contribution in [0.25, 0.3) is 0 Å². The Balaban J connectivity index is 2.25. The molecule has 1 aliphatic heterocycles. The van der Waals surface area contributed by atoms with Crippen LogP contribution in [0.1, 0.15) is 20.8 Å². The molecule has 2 heterocycles. The molecule has 0 aliphatic carbocycles. The molecule has 1 aromatic rings. The van der Waals surface area contributed by atoms with Crippen molar-refractivity contribution >= 4 is 35.2 Å². The maximum atomic E-state index is 4.65. The van der Waals surface area contributed by atoms with E-state index in [1.165, 1.54) is 0 Å². The van der Waals surface area contributed by atoms with Crippen LogP contribution in [-0.4, -0.2) is 46.4 Å². The molecule has 0 saturated carbocycles. The van der Waals surface area contributed by atoms with Crippen molar-refractivity contribution < 1.29 is 0 Å². The highest BCUT2D eigenvalue weighted by molar-refractivity contribution is 8.00. The summed E-state index contributed by atoms with van der Waals surface area (Å²) in [6, 6.07) is 2.06. The summed E-state index contributed by atoms with van der Waals surface area (Å²) in [4.78, 5) is 11.5. The number of rotatable bonds is 4. The molecule has 1 aromatic heterocycles. The first-order valence-corrected chi connectivity index (χ1v) is 8.81. The third-order valence-electron chi connectivity index (χ3n) is 2.98. The molecule has 0 amide bonds. The minimum atomic E-state index is 0.293. The van der Waals surface area contributed by atoms with E-state index in [1.807, 2.05) is 18.0 Å². The second kappa shape index (κ2) is 6.22. The van der Waals surface area contributed by atoms with Crippen molar-refractivity contribution in [2.24, 2.45) is 0 Å². The zero-order valence-corrected chi connectivity index (χ0v) is 13.7. The highest BCUT2D eigenvalue weighted by atomic mass is 32.2. The van der Waals surface area contributed by atoms with Gasteiger partial charge in [0, 0.05) is 36.2 Å². The molecule has 106 valence electrons. The van der Waals surface area contributed by atoms with Gasteiger partial charge in [-0.1, -0.05) is 11.8 Å². The Labute approximate surface area is 124 Å². The number of aromatic nitrogens is 2. The normalized spacial score (nSPS) is 18.4. The van der Waals surface area contributed by atoms with E-state index in [-0.39, 0.29) is 0 Å². The molecule has 1 aliphatic rings. The summed E-state index contributed by atoms with van der Waals surface area (Å²) in [6.45, 7) is 9.66. The van der Waals surface area contributed by atoms with E-state index < -0.39 is 0 Å². The summed E-state index contributed by atoms with van der Waals surface area (Å²) in [5.41, 5.74) is 0. The average molecular weight is 298 g/mol. The van der Waals surface area contributed by atoms with E-state index in [9.17, 15) is 0 Å². The lowest BCUT2D eigenvalue weighted by Gasteiger charge is -2.38. The molecule has 19 heavy (non-hydrogen) atoms. The summed E-state index contributed by atoms with van der Waals surface area (Å²) in [6.07, 6.45) is 2.02. The van der Waals surface area contributed by atoms with Crippen LogP contribution in [0.4, 0.5) is 11.6 Å².